The first-order chi connectivity index (χ1) is 14.0. The van der Waals surface area contributed by atoms with E-state index in [1.54, 1.807) is 41.5 Å². The van der Waals surface area contributed by atoms with Crippen molar-refractivity contribution >= 4 is 35.1 Å². The fourth-order valence-electron chi connectivity index (χ4n) is 3.28. The predicted octanol–water partition coefficient (Wildman–Crippen LogP) is 3.07. The lowest BCUT2D eigenvalue weighted by atomic mass is 10.1. The average Bonchev–Trinajstić information content (AvgIpc) is 3.19. The number of carbonyl (C=O) groups is 3. The average molecular weight is 417 g/mol. The van der Waals surface area contributed by atoms with Crippen LogP contribution in [0.1, 0.15) is 23.2 Å². The van der Waals surface area contributed by atoms with Crippen LogP contribution in [0.3, 0.4) is 0 Å². The molecule has 0 aromatic heterocycles. The molecule has 0 unspecified atom stereocenters. The van der Waals surface area contributed by atoms with Gasteiger partial charge in [0.15, 0.2) is 0 Å². The molecule has 1 saturated heterocycles. The molecule has 2 heterocycles. The maximum absolute atomic E-state index is 12.8. The van der Waals surface area contributed by atoms with E-state index in [0.717, 1.165) is 12.8 Å². The maximum Gasteiger partial charge on any atom is 0.355 e. The smallest absolute Gasteiger partial charge is 0.355 e. The Morgan fingerprint density at radius 2 is 1.69 bits per heavy atom. The number of carbonyl (C=O) groups excluding carboxylic acids is 3. The summed E-state index contributed by atoms with van der Waals surface area (Å²) in [5.41, 5.74) is 0.771. The van der Waals surface area contributed by atoms with Crippen LogP contribution in [0.25, 0.3) is 0 Å². The SMILES string of the molecule is COC(=O)C1=C(C(=O)OC)N(c2cc(C(=O)N3CCCC3)ccc2Cl)C=CC=C1. The van der Waals surface area contributed by atoms with Gasteiger partial charge in [0.25, 0.3) is 5.91 Å². The van der Waals surface area contributed by atoms with Crippen molar-refractivity contribution in [3.63, 3.8) is 0 Å². The summed E-state index contributed by atoms with van der Waals surface area (Å²) in [5, 5.41) is 0.306. The molecule has 0 bridgehead atoms. The van der Waals surface area contributed by atoms with Crippen LogP contribution in [0, 0.1) is 0 Å². The van der Waals surface area contributed by atoms with E-state index in [1.807, 2.05) is 0 Å². The number of halogens is 1. The van der Waals surface area contributed by atoms with Crippen molar-refractivity contribution in [3.8, 4) is 0 Å². The summed E-state index contributed by atoms with van der Waals surface area (Å²) >= 11 is 6.41. The Hall–Kier alpha value is -3.06. The zero-order valence-corrected chi connectivity index (χ0v) is 16.9. The van der Waals surface area contributed by atoms with Crippen LogP contribution >= 0.6 is 11.6 Å². The Morgan fingerprint density at radius 3 is 2.34 bits per heavy atom. The molecule has 0 spiro atoms. The molecule has 0 N–H and O–H groups in total. The highest BCUT2D eigenvalue weighted by Crippen LogP contribution is 2.33. The zero-order chi connectivity index (χ0) is 21.0. The molecule has 0 saturated carbocycles. The molecule has 7 nitrogen and oxygen atoms in total. The van der Waals surface area contributed by atoms with E-state index in [0.29, 0.717) is 29.4 Å². The molecule has 0 radical (unpaired) electrons. The highest BCUT2D eigenvalue weighted by atomic mass is 35.5. The highest BCUT2D eigenvalue weighted by Gasteiger charge is 2.29. The Labute approximate surface area is 173 Å². The molecular weight excluding hydrogens is 396 g/mol. The van der Waals surface area contributed by atoms with Gasteiger partial charge in [-0.05, 0) is 43.2 Å². The van der Waals surface area contributed by atoms with Crippen molar-refractivity contribution < 1.29 is 23.9 Å². The van der Waals surface area contributed by atoms with E-state index < -0.39 is 11.9 Å². The third-order valence-electron chi connectivity index (χ3n) is 4.74. The molecule has 3 rings (SSSR count). The molecule has 1 amide bonds. The number of allylic oxidation sites excluding steroid dienone is 2. The summed E-state index contributed by atoms with van der Waals surface area (Å²) < 4.78 is 9.70. The van der Waals surface area contributed by atoms with E-state index in [9.17, 15) is 14.4 Å². The van der Waals surface area contributed by atoms with Gasteiger partial charge in [0, 0.05) is 24.9 Å². The molecule has 152 valence electrons. The second kappa shape index (κ2) is 8.96. The van der Waals surface area contributed by atoms with Crippen LogP contribution in [0.2, 0.25) is 5.02 Å². The molecular formula is C21H21ClN2O5. The standard InChI is InChI=1S/C21H21ClN2O5/c1-28-20(26)15-7-3-4-12-24(18(15)21(27)29-2)17-13-14(8-9-16(17)22)19(25)23-10-5-6-11-23/h3-4,7-9,12-13H,5-6,10-11H2,1-2H3. The minimum Gasteiger partial charge on any atom is -0.465 e. The quantitative estimate of drug-likeness (QED) is 0.702. The lowest BCUT2D eigenvalue weighted by Gasteiger charge is -2.25. The highest BCUT2D eigenvalue weighted by molar-refractivity contribution is 6.33. The topological polar surface area (TPSA) is 76.2 Å². The number of rotatable bonds is 4. The van der Waals surface area contributed by atoms with Gasteiger partial charge in [0.2, 0.25) is 0 Å². The van der Waals surface area contributed by atoms with Crippen LogP contribution in [0.15, 0.2) is 53.9 Å². The van der Waals surface area contributed by atoms with Crippen LogP contribution in [0.4, 0.5) is 5.69 Å². The van der Waals surface area contributed by atoms with Crippen LogP contribution in [-0.4, -0.2) is 50.1 Å². The van der Waals surface area contributed by atoms with Gasteiger partial charge in [-0.3, -0.25) is 4.79 Å². The van der Waals surface area contributed by atoms with Crippen molar-refractivity contribution in [2.75, 3.05) is 32.2 Å². The number of ether oxygens (including phenoxy) is 2. The summed E-state index contributed by atoms with van der Waals surface area (Å²) in [6.45, 7) is 1.42. The first-order valence-electron chi connectivity index (χ1n) is 9.11. The largest absolute Gasteiger partial charge is 0.465 e. The first-order valence-corrected chi connectivity index (χ1v) is 9.49. The first kappa shape index (κ1) is 20.7. The van der Waals surface area contributed by atoms with E-state index in [2.05, 4.69) is 0 Å². The Bertz CT molecular complexity index is 929. The molecule has 0 aliphatic carbocycles. The minimum atomic E-state index is -0.742. The van der Waals surface area contributed by atoms with Crippen LogP contribution < -0.4 is 4.90 Å². The van der Waals surface area contributed by atoms with Gasteiger partial charge in [0.1, 0.15) is 5.70 Å². The summed E-state index contributed by atoms with van der Waals surface area (Å²) in [6, 6.07) is 4.85. The van der Waals surface area contributed by atoms with Crippen molar-refractivity contribution in [1.29, 1.82) is 0 Å². The van der Waals surface area contributed by atoms with Gasteiger partial charge in [-0.2, -0.15) is 0 Å². The molecule has 8 heteroatoms. The number of methoxy groups -OCH3 is 2. The molecule has 2 aliphatic heterocycles. The number of esters is 2. The number of hydrogen-bond acceptors (Lipinski definition) is 6. The predicted molar refractivity (Wildman–Crippen MR) is 108 cm³/mol. The van der Waals surface area contributed by atoms with Crippen molar-refractivity contribution in [2.24, 2.45) is 0 Å². The third-order valence-corrected chi connectivity index (χ3v) is 5.05. The third kappa shape index (κ3) is 4.19. The van der Waals surface area contributed by atoms with Crippen molar-refractivity contribution in [3.05, 3.63) is 64.5 Å². The maximum atomic E-state index is 12.8. The second-order valence-electron chi connectivity index (χ2n) is 6.48. The number of amides is 1. The minimum absolute atomic E-state index is 0.0108. The van der Waals surface area contributed by atoms with E-state index in [-0.39, 0.29) is 17.2 Å². The summed E-state index contributed by atoms with van der Waals surface area (Å²) in [7, 11) is 2.44. The Kier molecular flexibility index (Phi) is 6.39. The monoisotopic (exact) mass is 416 g/mol. The van der Waals surface area contributed by atoms with Gasteiger partial charge >= 0.3 is 11.9 Å². The number of nitrogens with zero attached hydrogens (tertiary/aromatic N) is 2. The van der Waals surface area contributed by atoms with Gasteiger partial charge < -0.3 is 19.3 Å². The van der Waals surface area contributed by atoms with Gasteiger partial charge in [-0.15, -0.1) is 0 Å². The zero-order valence-electron chi connectivity index (χ0n) is 16.2. The van der Waals surface area contributed by atoms with Crippen molar-refractivity contribution in [2.45, 2.75) is 12.8 Å². The van der Waals surface area contributed by atoms with Crippen LogP contribution in [0.5, 0.6) is 0 Å². The van der Waals surface area contributed by atoms with Gasteiger partial charge in [-0.25, -0.2) is 9.59 Å². The lowest BCUT2D eigenvalue weighted by molar-refractivity contribution is -0.139. The normalized spacial score (nSPS) is 16.1. The fraction of sp³-hybridized carbons (Fsp3) is 0.286. The number of anilines is 1. The Balaban J connectivity index is 2.11. The molecule has 1 aromatic rings. The van der Waals surface area contributed by atoms with E-state index >= 15 is 0 Å². The summed E-state index contributed by atoms with van der Waals surface area (Å²) in [5.74, 6) is -1.54. The van der Waals surface area contributed by atoms with Gasteiger partial charge in [-0.1, -0.05) is 17.7 Å². The lowest BCUT2D eigenvalue weighted by Crippen LogP contribution is -2.29. The number of hydrogen-bond donors (Lipinski definition) is 0. The van der Waals surface area contributed by atoms with E-state index in [1.165, 1.54) is 25.2 Å². The van der Waals surface area contributed by atoms with Crippen molar-refractivity contribution in [1.82, 2.24) is 4.90 Å². The van der Waals surface area contributed by atoms with Crippen LogP contribution in [-0.2, 0) is 19.1 Å². The molecule has 1 fully saturated rings. The molecule has 0 atom stereocenters. The molecule has 2 aliphatic rings. The van der Waals surface area contributed by atoms with Gasteiger partial charge in [0.05, 0.1) is 30.5 Å². The number of benzene rings is 1. The molecule has 1 aromatic carbocycles. The fourth-order valence-corrected chi connectivity index (χ4v) is 3.49. The summed E-state index contributed by atoms with van der Waals surface area (Å²) in [6.07, 6.45) is 8.23. The summed E-state index contributed by atoms with van der Waals surface area (Å²) in [4.78, 5) is 40.9. The number of likely N-dealkylation sites (tertiary alicyclic amines) is 1. The second-order valence-corrected chi connectivity index (χ2v) is 6.89. The molecule has 29 heavy (non-hydrogen) atoms. The Morgan fingerprint density at radius 1 is 1.00 bits per heavy atom. The van der Waals surface area contributed by atoms with E-state index in [4.69, 9.17) is 21.1 Å².